The first kappa shape index (κ1) is 20.8. The summed E-state index contributed by atoms with van der Waals surface area (Å²) in [5, 5.41) is 2.69. The second kappa shape index (κ2) is 8.03. The number of amides is 1. The average Bonchev–Trinajstić information content (AvgIpc) is 2.59. The van der Waals surface area contributed by atoms with Gasteiger partial charge in [-0.25, -0.2) is 21.1 Å². The SMILES string of the molecule is CN(C)S(=O)(=O)c1ccccc1CNC(=O)C1CCCCN1S(C)(=O)=O. The Labute approximate surface area is 155 Å². The third-order valence-electron chi connectivity index (χ3n) is 4.37. The van der Waals surface area contributed by atoms with Crippen LogP contribution in [0.15, 0.2) is 29.2 Å². The van der Waals surface area contributed by atoms with E-state index in [9.17, 15) is 21.6 Å². The molecule has 1 aromatic rings. The number of benzene rings is 1. The number of carbonyl (C=O) groups excluding carboxylic acids is 1. The summed E-state index contributed by atoms with van der Waals surface area (Å²) in [6.45, 7) is 0.332. The van der Waals surface area contributed by atoms with Crippen molar-refractivity contribution in [2.45, 2.75) is 36.7 Å². The molecule has 0 radical (unpaired) electrons. The number of hydrogen-bond donors (Lipinski definition) is 1. The van der Waals surface area contributed by atoms with Gasteiger partial charge in [-0.15, -0.1) is 0 Å². The summed E-state index contributed by atoms with van der Waals surface area (Å²) >= 11 is 0. The number of nitrogens with zero attached hydrogens (tertiary/aromatic N) is 2. The monoisotopic (exact) mass is 403 g/mol. The van der Waals surface area contributed by atoms with Crippen molar-refractivity contribution in [1.82, 2.24) is 13.9 Å². The fourth-order valence-corrected chi connectivity index (χ4v) is 5.20. The van der Waals surface area contributed by atoms with Crippen LogP contribution < -0.4 is 5.32 Å². The molecule has 1 fully saturated rings. The molecule has 0 aliphatic carbocycles. The van der Waals surface area contributed by atoms with Crippen LogP contribution in [0.25, 0.3) is 0 Å². The molecule has 0 spiro atoms. The number of carbonyl (C=O) groups is 1. The lowest BCUT2D eigenvalue weighted by atomic mass is 10.0. The predicted molar refractivity (Wildman–Crippen MR) is 98.4 cm³/mol. The van der Waals surface area contributed by atoms with E-state index in [4.69, 9.17) is 0 Å². The van der Waals surface area contributed by atoms with Gasteiger partial charge in [-0.2, -0.15) is 4.31 Å². The molecule has 2 rings (SSSR count). The summed E-state index contributed by atoms with van der Waals surface area (Å²) in [7, 11) is -4.23. The van der Waals surface area contributed by atoms with Gasteiger partial charge < -0.3 is 5.32 Å². The van der Waals surface area contributed by atoms with Gasteiger partial charge in [-0.1, -0.05) is 24.6 Å². The van der Waals surface area contributed by atoms with E-state index in [1.807, 2.05) is 0 Å². The fraction of sp³-hybridized carbons (Fsp3) is 0.562. The van der Waals surface area contributed by atoms with Crippen molar-refractivity contribution in [2.24, 2.45) is 0 Å². The van der Waals surface area contributed by atoms with Crippen LogP contribution in [0.4, 0.5) is 0 Å². The Morgan fingerprint density at radius 1 is 1.19 bits per heavy atom. The predicted octanol–water partition coefficient (Wildman–Crippen LogP) is 0.367. The largest absolute Gasteiger partial charge is 0.351 e. The molecule has 0 saturated carbocycles. The van der Waals surface area contributed by atoms with Crippen LogP contribution in [0.2, 0.25) is 0 Å². The van der Waals surface area contributed by atoms with Gasteiger partial charge in [0.15, 0.2) is 0 Å². The Morgan fingerprint density at radius 3 is 2.46 bits per heavy atom. The third-order valence-corrected chi connectivity index (χ3v) is 7.57. The van der Waals surface area contributed by atoms with E-state index in [-0.39, 0.29) is 11.4 Å². The molecule has 8 nitrogen and oxygen atoms in total. The first-order valence-corrected chi connectivity index (χ1v) is 11.6. The van der Waals surface area contributed by atoms with Crippen LogP contribution in [-0.2, 0) is 31.4 Å². The zero-order valence-corrected chi connectivity index (χ0v) is 16.8. The molecular formula is C16H25N3O5S2. The molecule has 1 heterocycles. The molecule has 1 unspecified atom stereocenters. The zero-order chi connectivity index (χ0) is 19.5. The van der Waals surface area contributed by atoms with Crippen molar-refractivity contribution in [3.63, 3.8) is 0 Å². The standard InChI is InChI=1S/C16H25N3O5S2/c1-18(2)26(23,24)15-10-5-4-8-13(15)12-17-16(20)14-9-6-7-11-19(14)25(3,21)22/h4-5,8,10,14H,6-7,9,11-12H2,1-3H3,(H,17,20). The average molecular weight is 404 g/mol. The van der Waals surface area contributed by atoms with E-state index in [0.29, 0.717) is 18.5 Å². The minimum absolute atomic E-state index is 0.0101. The summed E-state index contributed by atoms with van der Waals surface area (Å²) in [5.74, 6) is -0.410. The van der Waals surface area contributed by atoms with Crippen LogP contribution in [0.5, 0.6) is 0 Å². The second-order valence-corrected chi connectivity index (χ2v) is 10.6. The third kappa shape index (κ3) is 4.61. The normalized spacial score (nSPS) is 19.5. The molecular weight excluding hydrogens is 378 g/mol. The van der Waals surface area contributed by atoms with Crippen LogP contribution in [0.3, 0.4) is 0 Å². The molecule has 26 heavy (non-hydrogen) atoms. The molecule has 1 aliphatic rings. The molecule has 1 saturated heterocycles. The van der Waals surface area contributed by atoms with Gasteiger partial charge in [0.1, 0.15) is 6.04 Å². The van der Waals surface area contributed by atoms with E-state index in [1.54, 1.807) is 18.2 Å². The minimum Gasteiger partial charge on any atom is -0.351 e. The molecule has 10 heteroatoms. The Morgan fingerprint density at radius 2 is 1.85 bits per heavy atom. The number of sulfonamides is 2. The highest BCUT2D eigenvalue weighted by Gasteiger charge is 2.34. The van der Waals surface area contributed by atoms with E-state index < -0.39 is 32.0 Å². The van der Waals surface area contributed by atoms with Crippen molar-refractivity contribution in [3.8, 4) is 0 Å². The van der Waals surface area contributed by atoms with E-state index in [1.165, 1.54) is 24.5 Å². The molecule has 0 aromatic heterocycles. The summed E-state index contributed by atoms with van der Waals surface area (Å²) in [4.78, 5) is 12.7. The molecule has 1 aromatic carbocycles. The highest BCUT2D eigenvalue weighted by atomic mass is 32.2. The van der Waals surface area contributed by atoms with Crippen LogP contribution in [0, 0.1) is 0 Å². The van der Waals surface area contributed by atoms with Gasteiger partial charge in [-0.3, -0.25) is 4.79 Å². The topological polar surface area (TPSA) is 104 Å². The van der Waals surface area contributed by atoms with Crippen molar-refractivity contribution in [1.29, 1.82) is 0 Å². The Balaban J connectivity index is 2.18. The van der Waals surface area contributed by atoms with E-state index >= 15 is 0 Å². The first-order valence-electron chi connectivity index (χ1n) is 8.30. The van der Waals surface area contributed by atoms with E-state index in [2.05, 4.69) is 5.32 Å². The molecule has 1 N–H and O–H groups in total. The highest BCUT2D eigenvalue weighted by molar-refractivity contribution is 7.89. The summed E-state index contributed by atoms with van der Waals surface area (Å²) < 4.78 is 50.9. The smallest absolute Gasteiger partial charge is 0.242 e. The second-order valence-electron chi connectivity index (χ2n) is 6.50. The van der Waals surface area contributed by atoms with Gasteiger partial charge in [0, 0.05) is 27.2 Å². The van der Waals surface area contributed by atoms with Crippen LogP contribution in [-0.4, -0.2) is 64.3 Å². The quantitative estimate of drug-likeness (QED) is 0.739. The van der Waals surface area contributed by atoms with Gasteiger partial charge >= 0.3 is 0 Å². The Bertz CT molecular complexity index is 866. The Hall–Kier alpha value is -1.49. The fourth-order valence-electron chi connectivity index (χ4n) is 2.96. The maximum absolute atomic E-state index is 12.5. The molecule has 1 amide bonds. The van der Waals surface area contributed by atoms with Crippen molar-refractivity contribution < 1.29 is 21.6 Å². The Kier molecular flexibility index (Phi) is 6.43. The number of rotatable bonds is 6. The lowest BCUT2D eigenvalue weighted by Crippen LogP contribution is -2.51. The van der Waals surface area contributed by atoms with Crippen LogP contribution in [0.1, 0.15) is 24.8 Å². The molecule has 0 bridgehead atoms. The van der Waals surface area contributed by atoms with Crippen molar-refractivity contribution in [3.05, 3.63) is 29.8 Å². The maximum atomic E-state index is 12.5. The van der Waals surface area contributed by atoms with Crippen molar-refractivity contribution in [2.75, 3.05) is 26.9 Å². The van der Waals surface area contributed by atoms with Gasteiger partial charge in [0.2, 0.25) is 26.0 Å². The molecule has 1 atom stereocenters. The lowest BCUT2D eigenvalue weighted by molar-refractivity contribution is -0.125. The summed E-state index contributed by atoms with van der Waals surface area (Å²) in [5.41, 5.74) is 0.455. The van der Waals surface area contributed by atoms with Crippen LogP contribution >= 0.6 is 0 Å². The van der Waals surface area contributed by atoms with E-state index in [0.717, 1.165) is 23.4 Å². The summed E-state index contributed by atoms with van der Waals surface area (Å²) in [6, 6.07) is 5.68. The van der Waals surface area contributed by atoms with Gasteiger partial charge in [-0.05, 0) is 24.5 Å². The number of nitrogens with one attached hydrogen (secondary N) is 1. The zero-order valence-electron chi connectivity index (χ0n) is 15.2. The first-order chi connectivity index (χ1) is 12.0. The highest BCUT2D eigenvalue weighted by Crippen LogP contribution is 2.21. The van der Waals surface area contributed by atoms with Gasteiger partial charge in [0.05, 0.1) is 11.2 Å². The molecule has 146 valence electrons. The number of hydrogen-bond acceptors (Lipinski definition) is 5. The van der Waals surface area contributed by atoms with Gasteiger partial charge in [0.25, 0.3) is 0 Å². The number of piperidine rings is 1. The summed E-state index contributed by atoms with van der Waals surface area (Å²) in [6.07, 6.45) is 3.05. The maximum Gasteiger partial charge on any atom is 0.242 e. The molecule has 1 aliphatic heterocycles. The minimum atomic E-state index is -3.64. The lowest BCUT2D eigenvalue weighted by Gasteiger charge is -2.32. The van der Waals surface area contributed by atoms with Crippen molar-refractivity contribution >= 4 is 26.0 Å².